The topological polar surface area (TPSA) is 94.7 Å². The molecule has 4 rings (SSSR count). The van der Waals surface area contributed by atoms with Crippen LogP contribution in [0.25, 0.3) is 11.3 Å². The Labute approximate surface area is 185 Å². The quantitative estimate of drug-likeness (QED) is 0.647. The maximum atomic E-state index is 14.4. The number of halogens is 2. The summed E-state index contributed by atoms with van der Waals surface area (Å²) in [6, 6.07) is 6.91. The van der Waals surface area contributed by atoms with Gasteiger partial charge in [-0.1, -0.05) is 26.8 Å². The van der Waals surface area contributed by atoms with E-state index in [0.29, 0.717) is 11.5 Å². The second-order valence-electron chi connectivity index (χ2n) is 9.08. The van der Waals surface area contributed by atoms with E-state index in [2.05, 4.69) is 40.9 Å². The van der Waals surface area contributed by atoms with Crippen LogP contribution in [0.5, 0.6) is 0 Å². The normalized spacial score (nSPS) is 21.8. The lowest BCUT2D eigenvalue weighted by Crippen LogP contribution is -2.48. The molecule has 2 N–H and O–H groups in total. The Kier molecular flexibility index (Phi) is 5.27. The molecular formula is C24H25F2N5O. The molecule has 0 radical (unpaired) electrons. The lowest BCUT2D eigenvalue weighted by molar-refractivity contribution is 0.0992. The summed E-state index contributed by atoms with van der Waals surface area (Å²) >= 11 is 0. The molecule has 0 spiro atoms. The fraction of sp³-hybridized carbons (Fsp3) is 0.375. The van der Waals surface area contributed by atoms with Crippen LogP contribution in [-0.2, 0) is 5.41 Å². The zero-order valence-electron chi connectivity index (χ0n) is 18.5. The van der Waals surface area contributed by atoms with Gasteiger partial charge in [-0.05, 0) is 60.9 Å². The predicted octanol–water partition coefficient (Wildman–Crippen LogP) is 4.54. The van der Waals surface area contributed by atoms with Gasteiger partial charge in [0.2, 0.25) is 0 Å². The third-order valence-electron chi connectivity index (χ3n) is 6.91. The summed E-state index contributed by atoms with van der Waals surface area (Å²) in [5.41, 5.74) is 5.85. The van der Waals surface area contributed by atoms with Crippen LogP contribution in [0.15, 0.2) is 36.5 Å². The zero-order valence-corrected chi connectivity index (χ0v) is 18.5. The van der Waals surface area contributed by atoms with Crippen LogP contribution in [0.4, 0.5) is 8.78 Å². The molecule has 1 aliphatic rings. The molecule has 1 aromatic carbocycles. The Balaban J connectivity index is 1.97. The number of carbonyl (C=O) groups is 1. The molecule has 0 unspecified atom stereocenters. The number of fused-ring (bicyclic) bond motifs is 1. The van der Waals surface area contributed by atoms with Crippen LogP contribution in [-0.4, -0.2) is 26.1 Å². The highest BCUT2D eigenvalue weighted by Gasteiger charge is 2.53. The maximum absolute atomic E-state index is 14.4. The van der Waals surface area contributed by atoms with Crippen molar-refractivity contribution in [1.82, 2.24) is 20.2 Å². The molecule has 2 heterocycles. The smallest absolute Gasteiger partial charge is 0.267 e. The van der Waals surface area contributed by atoms with Gasteiger partial charge in [-0.3, -0.25) is 4.79 Å². The van der Waals surface area contributed by atoms with E-state index < -0.39 is 23.0 Å². The van der Waals surface area contributed by atoms with Gasteiger partial charge in [0.05, 0.1) is 22.4 Å². The zero-order chi connectivity index (χ0) is 23.3. The number of rotatable bonds is 4. The maximum Gasteiger partial charge on any atom is 0.267 e. The predicted molar refractivity (Wildman–Crippen MR) is 116 cm³/mol. The van der Waals surface area contributed by atoms with E-state index in [1.807, 2.05) is 6.92 Å². The summed E-state index contributed by atoms with van der Waals surface area (Å²) in [6.07, 6.45) is 3.09. The van der Waals surface area contributed by atoms with Crippen LogP contribution < -0.4 is 5.73 Å². The largest absolute Gasteiger partial charge is 0.364 e. The van der Waals surface area contributed by atoms with E-state index in [1.54, 1.807) is 6.07 Å². The number of hydrogen-bond acceptors (Lipinski definition) is 5. The van der Waals surface area contributed by atoms with Crippen LogP contribution in [0.1, 0.15) is 74.0 Å². The fourth-order valence-corrected chi connectivity index (χ4v) is 4.73. The SMILES string of the molecule is CC[C@@H]1CC(C)(C)[C@@](C)(c2nccc(C(N)=O)n2)c2nnc(-c3c(F)cccc3F)cc21. The number of amides is 1. The van der Waals surface area contributed by atoms with Crippen molar-refractivity contribution in [3.63, 3.8) is 0 Å². The number of aromatic nitrogens is 4. The molecule has 2 aromatic heterocycles. The third-order valence-corrected chi connectivity index (χ3v) is 6.91. The van der Waals surface area contributed by atoms with Crippen molar-refractivity contribution in [2.45, 2.75) is 51.9 Å². The second-order valence-corrected chi connectivity index (χ2v) is 9.08. The van der Waals surface area contributed by atoms with Crippen molar-refractivity contribution in [3.8, 4) is 11.3 Å². The Hall–Kier alpha value is -3.29. The number of carbonyl (C=O) groups excluding carboxylic acids is 1. The van der Waals surface area contributed by atoms with Gasteiger partial charge < -0.3 is 5.73 Å². The molecule has 1 aliphatic carbocycles. The van der Waals surface area contributed by atoms with E-state index >= 15 is 0 Å². The molecule has 0 saturated carbocycles. The van der Waals surface area contributed by atoms with Gasteiger partial charge in [0, 0.05) is 6.20 Å². The highest BCUT2D eigenvalue weighted by Crippen LogP contribution is 2.56. The molecule has 0 aliphatic heterocycles. The summed E-state index contributed by atoms with van der Waals surface area (Å²) in [7, 11) is 0. The van der Waals surface area contributed by atoms with Crippen molar-refractivity contribution in [2.75, 3.05) is 0 Å². The average Bonchev–Trinajstić information content (AvgIpc) is 2.76. The number of nitrogens with zero attached hydrogens (tertiary/aromatic N) is 4. The van der Waals surface area contributed by atoms with Crippen LogP contribution in [0.2, 0.25) is 0 Å². The first-order chi connectivity index (χ1) is 15.1. The van der Waals surface area contributed by atoms with Crippen molar-refractivity contribution in [1.29, 1.82) is 0 Å². The lowest BCUT2D eigenvalue weighted by atomic mass is 9.55. The van der Waals surface area contributed by atoms with Crippen LogP contribution in [0, 0.1) is 17.0 Å². The second kappa shape index (κ2) is 7.69. The van der Waals surface area contributed by atoms with Gasteiger partial charge in [-0.2, -0.15) is 5.10 Å². The highest BCUT2D eigenvalue weighted by molar-refractivity contribution is 5.90. The number of hydrogen-bond donors (Lipinski definition) is 1. The molecule has 0 fully saturated rings. The van der Waals surface area contributed by atoms with E-state index in [9.17, 15) is 13.6 Å². The number of benzene rings is 1. The fourth-order valence-electron chi connectivity index (χ4n) is 4.73. The van der Waals surface area contributed by atoms with Crippen LogP contribution >= 0.6 is 0 Å². The van der Waals surface area contributed by atoms with Gasteiger partial charge in [0.1, 0.15) is 23.2 Å². The van der Waals surface area contributed by atoms with Crippen molar-refractivity contribution < 1.29 is 13.6 Å². The van der Waals surface area contributed by atoms with Gasteiger partial charge in [-0.25, -0.2) is 18.7 Å². The standard InChI is InChI=1S/C24H25F2N5O/c1-5-13-12-23(2,3)24(4,22-28-10-9-17(29-22)21(27)32)20-14(13)11-18(30-31-20)19-15(25)7-6-8-16(19)26/h6-11,13H,5,12H2,1-4H3,(H2,27,32)/t13-,24-/m1/s1. The number of primary amides is 1. The molecule has 166 valence electrons. The van der Waals surface area contributed by atoms with E-state index in [0.717, 1.165) is 18.4 Å². The van der Waals surface area contributed by atoms with Crippen molar-refractivity contribution in [2.24, 2.45) is 11.1 Å². The van der Waals surface area contributed by atoms with Crippen molar-refractivity contribution >= 4 is 5.91 Å². The monoisotopic (exact) mass is 437 g/mol. The minimum absolute atomic E-state index is 0.108. The Morgan fingerprint density at radius 3 is 2.47 bits per heavy atom. The molecule has 6 nitrogen and oxygen atoms in total. The first-order valence-corrected chi connectivity index (χ1v) is 10.6. The molecule has 0 bridgehead atoms. The summed E-state index contributed by atoms with van der Waals surface area (Å²) < 4.78 is 28.9. The minimum atomic E-state index is -0.807. The molecule has 3 aromatic rings. The molecular weight excluding hydrogens is 412 g/mol. The first kappa shape index (κ1) is 21.9. The summed E-state index contributed by atoms with van der Waals surface area (Å²) in [4.78, 5) is 20.7. The number of nitrogens with two attached hydrogens (primary N) is 1. The highest BCUT2D eigenvalue weighted by atomic mass is 19.1. The molecule has 1 amide bonds. The Bertz CT molecular complexity index is 1190. The summed E-state index contributed by atoms with van der Waals surface area (Å²) in [5, 5.41) is 8.72. The Morgan fingerprint density at radius 1 is 1.16 bits per heavy atom. The van der Waals surface area contributed by atoms with E-state index in [-0.39, 0.29) is 28.3 Å². The van der Waals surface area contributed by atoms with Crippen molar-refractivity contribution in [3.05, 3.63) is 70.9 Å². The Morgan fingerprint density at radius 2 is 1.84 bits per heavy atom. The average molecular weight is 437 g/mol. The lowest BCUT2D eigenvalue weighted by Gasteiger charge is -2.49. The first-order valence-electron chi connectivity index (χ1n) is 10.6. The van der Waals surface area contributed by atoms with Gasteiger partial charge in [-0.15, -0.1) is 5.10 Å². The minimum Gasteiger partial charge on any atom is -0.364 e. The van der Waals surface area contributed by atoms with E-state index in [1.165, 1.54) is 30.5 Å². The van der Waals surface area contributed by atoms with E-state index in [4.69, 9.17) is 5.73 Å². The third kappa shape index (κ3) is 3.25. The van der Waals surface area contributed by atoms with Crippen LogP contribution in [0.3, 0.4) is 0 Å². The summed E-state index contributed by atoms with van der Waals surface area (Å²) in [6.45, 7) is 8.24. The molecule has 0 saturated heterocycles. The molecule has 32 heavy (non-hydrogen) atoms. The molecule has 2 atom stereocenters. The molecule has 8 heteroatoms. The van der Waals surface area contributed by atoms with Gasteiger partial charge in [0.15, 0.2) is 0 Å². The van der Waals surface area contributed by atoms with Gasteiger partial charge >= 0.3 is 0 Å². The van der Waals surface area contributed by atoms with Gasteiger partial charge in [0.25, 0.3) is 5.91 Å². The summed E-state index contributed by atoms with van der Waals surface area (Å²) in [5.74, 6) is -1.51.